The average Bonchev–Trinajstić information content (AvgIpc) is 2.71. The molecule has 0 spiro atoms. The highest BCUT2D eigenvalue weighted by Gasteiger charge is 2.32. The number of carbonyl (C=O) groups is 3. The molecule has 1 aromatic rings. The molecule has 1 aliphatic heterocycles. The highest BCUT2D eigenvalue weighted by molar-refractivity contribution is 5.98. The molecular formula is C22H31F2N3O4. The summed E-state index contributed by atoms with van der Waals surface area (Å²) in [7, 11) is 0. The minimum atomic E-state index is -0.991. The monoisotopic (exact) mass is 439 g/mol. The standard InChI is InChI=1S/C22H31F2N3O4/c1-5-31-22(30)27-11-7-8-15(12-27)14(4)25-21(29)19(13(2)3)26-20(28)18-16(23)9-6-10-17(18)24/h6,9-10,13-15,19H,5,7-8,11-12H2,1-4H3,(H,25,29)(H,26,28)/t14-,15+,19-/m1/s1. The number of benzene rings is 1. The van der Waals surface area contributed by atoms with Gasteiger partial charge < -0.3 is 20.3 Å². The quantitative estimate of drug-likeness (QED) is 0.684. The molecule has 0 aliphatic carbocycles. The van der Waals surface area contributed by atoms with Crippen LogP contribution in [-0.4, -0.2) is 54.6 Å². The van der Waals surface area contributed by atoms with Gasteiger partial charge in [-0.2, -0.15) is 0 Å². The van der Waals surface area contributed by atoms with Crippen LogP contribution in [0.3, 0.4) is 0 Å². The van der Waals surface area contributed by atoms with Gasteiger partial charge in [0.15, 0.2) is 0 Å². The number of halogens is 2. The van der Waals surface area contributed by atoms with Gasteiger partial charge in [0.2, 0.25) is 5.91 Å². The van der Waals surface area contributed by atoms with E-state index in [1.54, 1.807) is 25.7 Å². The fraction of sp³-hybridized carbons (Fsp3) is 0.591. The lowest BCUT2D eigenvalue weighted by atomic mass is 9.91. The molecule has 0 aromatic heterocycles. The smallest absolute Gasteiger partial charge is 0.409 e. The van der Waals surface area contributed by atoms with Crippen LogP contribution in [0.2, 0.25) is 0 Å². The van der Waals surface area contributed by atoms with Gasteiger partial charge >= 0.3 is 6.09 Å². The number of likely N-dealkylation sites (tertiary alicyclic amines) is 1. The van der Waals surface area contributed by atoms with Crippen LogP contribution < -0.4 is 10.6 Å². The number of hydrogen-bond acceptors (Lipinski definition) is 4. The Morgan fingerprint density at radius 2 is 1.81 bits per heavy atom. The van der Waals surface area contributed by atoms with Gasteiger partial charge in [0, 0.05) is 19.1 Å². The van der Waals surface area contributed by atoms with Crippen LogP contribution in [0.15, 0.2) is 18.2 Å². The summed E-state index contributed by atoms with van der Waals surface area (Å²) in [4.78, 5) is 38.9. The minimum absolute atomic E-state index is 0.0228. The summed E-state index contributed by atoms with van der Waals surface area (Å²) in [6.45, 7) is 8.41. The number of amides is 3. The van der Waals surface area contributed by atoms with Crippen molar-refractivity contribution in [3.05, 3.63) is 35.4 Å². The van der Waals surface area contributed by atoms with Crippen LogP contribution in [0.1, 0.15) is 50.9 Å². The Labute approximate surface area is 181 Å². The Kier molecular flexibility index (Phi) is 8.76. The largest absolute Gasteiger partial charge is 0.450 e. The van der Waals surface area contributed by atoms with E-state index < -0.39 is 35.1 Å². The highest BCUT2D eigenvalue weighted by atomic mass is 19.1. The van der Waals surface area contributed by atoms with E-state index in [2.05, 4.69) is 10.6 Å². The van der Waals surface area contributed by atoms with Gasteiger partial charge in [-0.3, -0.25) is 9.59 Å². The van der Waals surface area contributed by atoms with Gasteiger partial charge in [-0.1, -0.05) is 19.9 Å². The predicted molar refractivity (Wildman–Crippen MR) is 111 cm³/mol. The number of carbonyl (C=O) groups excluding carboxylic acids is 3. The summed E-state index contributed by atoms with van der Waals surface area (Å²) in [5, 5.41) is 5.34. The Bertz CT molecular complexity index is 783. The van der Waals surface area contributed by atoms with Crippen molar-refractivity contribution in [2.24, 2.45) is 11.8 Å². The lowest BCUT2D eigenvalue weighted by Crippen LogP contribution is -2.54. The molecule has 1 saturated heterocycles. The van der Waals surface area contributed by atoms with Gasteiger partial charge in [0.1, 0.15) is 23.2 Å². The van der Waals surface area contributed by atoms with Crippen molar-refractivity contribution in [3.63, 3.8) is 0 Å². The highest BCUT2D eigenvalue weighted by Crippen LogP contribution is 2.21. The molecule has 0 bridgehead atoms. The first-order chi connectivity index (χ1) is 14.6. The molecule has 172 valence electrons. The van der Waals surface area contributed by atoms with Gasteiger partial charge in [-0.05, 0) is 50.7 Å². The van der Waals surface area contributed by atoms with Crippen molar-refractivity contribution in [3.8, 4) is 0 Å². The summed E-state index contributed by atoms with van der Waals surface area (Å²) >= 11 is 0. The first kappa shape index (κ1) is 24.6. The molecule has 1 aromatic carbocycles. The third-order valence-electron chi connectivity index (χ3n) is 5.49. The zero-order chi connectivity index (χ0) is 23.1. The lowest BCUT2D eigenvalue weighted by molar-refractivity contribution is -0.125. The van der Waals surface area contributed by atoms with Gasteiger partial charge in [-0.25, -0.2) is 13.6 Å². The van der Waals surface area contributed by atoms with Crippen molar-refractivity contribution < 1.29 is 27.9 Å². The van der Waals surface area contributed by atoms with Crippen molar-refractivity contribution in [1.29, 1.82) is 0 Å². The topological polar surface area (TPSA) is 87.7 Å². The molecule has 3 amide bonds. The summed E-state index contributed by atoms with van der Waals surface area (Å²) < 4.78 is 32.9. The molecule has 2 N–H and O–H groups in total. The van der Waals surface area contributed by atoms with E-state index in [1.807, 2.05) is 6.92 Å². The third kappa shape index (κ3) is 6.38. The molecular weight excluding hydrogens is 408 g/mol. The van der Waals surface area contributed by atoms with E-state index in [9.17, 15) is 23.2 Å². The zero-order valence-corrected chi connectivity index (χ0v) is 18.4. The van der Waals surface area contributed by atoms with E-state index in [0.29, 0.717) is 19.7 Å². The van der Waals surface area contributed by atoms with E-state index in [-0.39, 0.29) is 24.0 Å². The Morgan fingerprint density at radius 1 is 1.16 bits per heavy atom. The number of nitrogens with zero attached hydrogens (tertiary/aromatic N) is 1. The SMILES string of the molecule is CCOC(=O)N1CCC[C@H]([C@@H](C)NC(=O)[C@H](NC(=O)c2c(F)cccc2F)C(C)C)C1. The summed E-state index contributed by atoms with van der Waals surface area (Å²) in [6, 6.07) is 1.90. The molecule has 0 saturated carbocycles. The minimum Gasteiger partial charge on any atom is -0.450 e. The fourth-order valence-corrected chi connectivity index (χ4v) is 3.69. The van der Waals surface area contributed by atoms with Crippen molar-refractivity contribution in [1.82, 2.24) is 15.5 Å². The van der Waals surface area contributed by atoms with Crippen LogP contribution in [0, 0.1) is 23.5 Å². The van der Waals surface area contributed by atoms with Crippen molar-refractivity contribution in [2.75, 3.05) is 19.7 Å². The predicted octanol–water partition coefficient (Wildman–Crippen LogP) is 3.09. The zero-order valence-electron chi connectivity index (χ0n) is 18.4. The van der Waals surface area contributed by atoms with Gasteiger partial charge in [-0.15, -0.1) is 0 Å². The van der Waals surface area contributed by atoms with E-state index in [4.69, 9.17) is 4.74 Å². The van der Waals surface area contributed by atoms with Crippen molar-refractivity contribution in [2.45, 2.75) is 52.6 Å². The number of piperidine rings is 1. The number of nitrogens with one attached hydrogen (secondary N) is 2. The number of ether oxygens (including phenoxy) is 1. The third-order valence-corrected chi connectivity index (χ3v) is 5.49. The molecule has 1 fully saturated rings. The van der Waals surface area contributed by atoms with Crippen LogP contribution in [0.25, 0.3) is 0 Å². The maximum atomic E-state index is 13.9. The molecule has 1 aliphatic rings. The molecule has 1 heterocycles. The lowest BCUT2D eigenvalue weighted by Gasteiger charge is -2.36. The maximum absolute atomic E-state index is 13.9. The molecule has 31 heavy (non-hydrogen) atoms. The van der Waals surface area contributed by atoms with Crippen molar-refractivity contribution >= 4 is 17.9 Å². The molecule has 9 heteroatoms. The van der Waals surface area contributed by atoms with Crippen LogP contribution in [0.5, 0.6) is 0 Å². The van der Waals surface area contributed by atoms with E-state index >= 15 is 0 Å². The van der Waals surface area contributed by atoms with Gasteiger partial charge in [0.25, 0.3) is 5.91 Å². The van der Waals surface area contributed by atoms with Gasteiger partial charge in [0.05, 0.1) is 6.61 Å². The fourth-order valence-electron chi connectivity index (χ4n) is 3.69. The first-order valence-electron chi connectivity index (χ1n) is 10.6. The molecule has 3 atom stereocenters. The summed E-state index contributed by atoms with van der Waals surface area (Å²) in [6.07, 6.45) is 1.25. The number of rotatable bonds is 7. The van der Waals surface area contributed by atoms with Crippen LogP contribution in [0.4, 0.5) is 13.6 Å². The Hall–Kier alpha value is -2.71. The van der Waals surface area contributed by atoms with Crippen LogP contribution >= 0.6 is 0 Å². The second-order valence-electron chi connectivity index (χ2n) is 8.14. The summed E-state index contributed by atoms with van der Waals surface area (Å²) in [5.41, 5.74) is -0.716. The molecule has 2 rings (SSSR count). The average molecular weight is 440 g/mol. The Balaban J connectivity index is 2.03. The second-order valence-corrected chi connectivity index (χ2v) is 8.14. The normalized spacial score (nSPS) is 18.3. The van der Waals surface area contributed by atoms with Crippen LogP contribution in [-0.2, 0) is 9.53 Å². The number of hydrogen-bond donors (Lipinski definition) is 2. The summed E-state index contributed by atoms with van der Waals surface area (Å²) in [5.74, 6) is -3.70. The van der Waals surface area contributed by atoms with E-state index in [1.165, 1.54) is 6.07 Å². The second kappa shape index (κ2) is 11.1. The van der Waals surface area contributed by atoms with E-state index in [0.717, 1.165) is 25.0 Å². The molecule has 0 radical (unpaired) electrons. The first-order valence-corrected chi connectivity index (χ1v) is 10.6. The molecule has 0 unspecified atom stereocenters. The Morgan fingerprint density at radius 3 is 2.39 bits per heavy atom. The maximum Gasteiger partial charge on any atom is 0.409 e. The molecule has 7 nitrogen and oxygen atoms in total.